The molecule has 88 valence electrons. The lowest BCUT2D eigenvalue weighted by Gasteiger charge is -2.23. The summed E-state index contributed by atoms with van der Waals surface area (Å²) in [6.45, 7) is 1.82. The van der Waals surface area contributed by atoms with Gasteiger partial charge < -0.3 is 10.6 Å². The van der Waals surface area contributed by atoms with Crippen molar-refractivity contribution in [2.24, 2.45) is 5.73 Å². The lowest BCUT2D eigenvalue weighted by molar-refractivity contribution is -0.132. The zero-order valence-corrected chi connectivity index (χ0v) is 10.4. The van der Waals surface area contributed by atoms with Crippen LogP contribution in [-0.4, -0.2) is 41.9 Å². The average Bonchev–Trinajstić information content (AvgIpc) is 2.53. The number of hydrogen-bond donors (Lipinski definition) is 1. The monoisotopic (exact) mass is 230 g/mol. The molecule has 1 unspecified atom stereocenters. The van der Waals surface area contributed by atoms with Gasteiger partial charge in [-0.15, -0.1) is 0 Å². The molecule has 4 heteroatoms. The highest BCUT2D eigenvalue weighted by molar-refractivity contribution is 7.98. The van der Waals surface area contributed by atoms with Gasteiger partial charge in [0.1, 0.15) is 0 Å². The Morgan fingerprint density at radius 2 is 1.93 bits per heavy atom. The van der Waals surface area contributed by atoms with Crippen LogP contribution in [0.2, 0.25) is 0 Å². The summed E-state index contributed by atoms with van der Waals surface area (Å²) in [5.74, 6) is 1.13. The Kier molecular flexibility index (Phi) is 6.10. The molecule has 1 amide bonds. The van der Waals surface area contributed by atoms with Crippen molar-refractivity contribution in [2.45, 2.75) is 38.1 Å². The molecule has 0 aromatic rings. The van der Waals surface area contributed by atoms with E-state index in [2.05, 4.69) is 0 Å². The van der Waals surface area contributed by atoms with Gasteiger partial charge in [0.05, 0.1) is 6.04 Å². The van der Waals surface area contributed by atoms with Gasteiger partial charge in [0.25, 0.3) is 0 Å². The second kappa shape index (κ2) is 7.12. The van der Waals surface area contributed by atoms with Crippen molar-refractivity contribution in [2.75, 3.05) is 25.1 Å². The van der Waals surface area contributed by atoms with Gasteiger partial charge in [-0.2, -0.15) is 11.8 Å². The van der Waals surface area contributed by atoms with Crippen LogP contribution in [-0.2, 0) is 4.79 Å². The molecule has 1 aliphatic heterocycles. The second-order valence-electron chi connectivity index (χ2n) is 4.13. The lowest BCUT2D eigenvalue weighted by Crippen LogP contribution is -2.44. The van der Waals surface area contributed by atoms with E-state index in [1.54, 1.807) is 11.8 Å². The second-order valence-corrected chi connectivity index (χ2v) is 5.11. The maximum Gasteiger partial charge on any atom is 0.239 e. The third-order valence-corrected chi connectivity index (χ3v) is 3.51. The normalized spacial score (nSPS) is 19.7. The molecule has 15 heavy (non-hydrogen) atoms. The minimum absolute atomic E-state index is 0.158. The number of nitrogens with zero attached hydrogens (tertiary/aromatic N) is 1. The topological polar surface area (TPSA) is 46.3 Å². The van der Waals surface area contributed by atoms with Crippen molar-refractivity contribution in [3.05, 3.63) is 0 Å². The zero-order chi connectivity index (χ0) is 11.1. The summed E-state index contributed by atoms with van der Waals surface area (Å²) in [5.41, 5.74) is 5.88. The van der Waals surface area contributed by atoms with Gasteiger partial charge in [-0.3, -0.25) is 4.79 Å². The van der Waals surface area contributed by atoms with Crippen LogP contribution in [0.25, 0.3) is 0 Å². The van der Waals surface area contributed by atoms with Crippen molar-refractivity contribution >= 4 is 17.7 Å². The van der Waals surface area contributed by atoms with Gasteiger partial charge in [0, 0.05) is 13.1 Å². The molecular formula is C11H22N2OS. The molecule has 1 rings (SSSR count). The fourth-order valence-corrected chi connectivity index (χ4v) is 2.38. The first-order chi connectivity index (χ1) is 7.25. The molecule has 0 aliphatic carbocycles. The Labute approximate surface area is 96.8 Å². The molecule has 1 saturated heterocycles. The van der Waals surface area contributed by atoms with E-state index in [1.807, 2.05) is 11.2 Å². The Hall–Kier alpha value is -0.220. The summed E-state index contributed by atoms with van der Waals surface area (Å²) in [7, 11) is 0. The highest BCUT2D eigenvalue weighted by Crippen LogP contribution is 2.11. The molecule has 1 fully saturated rings. The highest BCUT2D eigenvalue weighted by atomic mass is 32.2. The van der Waals surface area contributed by atoms with E-state index in [4.69, 9.17) is 5.73 Å². The van der Waals surface area contributed by atoms with Crippen molar-refractivity contribution in [1.29, 1.82) is 0 Å². The van der Waals surface area contributed by atoms with Crippen LogP contribution in [0.3, 0.4) is 0 Å². The molecule has 0 saturated carbocycles. The van der Waals surface area contributed by atoms with E-state index in [1.165, 1.54) is 12.8 Å². The average molecular weight is 230 g/mol. The summed E-state index contributed by atoms with van der Waals surface area (Å²) in [6.07, 6.45) is 7.63. The molecular weight excluding hydrogens is 208 g/mol. The summed E-state index contributed by atoms with van der Waals surface area (Å²) >= 11 is 1.75. The molecule has 0 radical (unpaired) electrons. The van der Waals surface area contributed by atoms with Crippen molar-refractivity contribution in [3.63, 3.8) is 0 Å². The quantitative estimate of drug-likeness (QED) is 0.795. The van der Waals surface area contributed by atoms with Gasteiger partial charge >= 0.3 is 0 Å². The maximum atomic E-state index is 11.9. The number of thioether (sulfide) groups is 1. The molecule has 0 spiro atoms. The van der Waals surface area contributed by atoms with E-state index in [0.717, 1.165) is 38.1 Å². The Morgan fingerprint density at radius 1 is 1.33 bits per heavy atom. The fraction of sp³-hybridized carbons (Fsp3) is 0.909. The van der Waals surface area contributed by atoms with Crippen molar-refractivity contribution in [3.8, 4) is 0 Å². The van der Waals surface area contributed by atoms with Gasteiger partial charge in [-0.05, 0) is 31.3 Å². The lowest BCUT2D eigenvalue weighted by atomic mass is 10.2. The smallest absolute Gasteiger partial charge is 0.239 e. The molecule has 0 aromatic heterocycles. The predicted molar refractivity (Wildman–Crippen MR) is 66.0 cm³/mol. The van der Waals surface area contributed by atoms with E-state index < -0.39 is 0 Å². The summed E-state index contributed by atoms with van der Waals surface area (Å²) in [6, 6.07) is -0.282. The third-order valence-electron chi connectivity index (χ3n) is 2.87. The zero-order valence-electron chi connectivity index (χ0n) is 9.58. The van der Waals surface area contributed by atoms with E-state index in [9.17, 15) is 4.79 Å². The van der Waals surface area contributed by atoms with Crippen molar-refractivity contribution in [1.82, 2.24) is 4.90 Å². The number of rotatable bonds is 4. The Bertz CT molecular complexity index is 191. The van der Waals surface area contributed by atoms with Crippen LogP contribution >= 0.6 is 11.8 Å². The van der Waals surface area contributed by atoms with Gasteiger partial charge in [0.15, 0.2) is 0 Å². The van der Waals surface area contributed by atoms with Crippen LogP contribution in [0.15, 0.2) is 0 Å². The van der Waals surface area contributed by atoms with Gasteiger partial charge in [-0.1, -0.05) is 12.8 Å². The van der Waals surface area contributed by atoms with Crippen molar-refractivity contribution < 1.29 is 4.79 Å². The molecule has 0 bridgehead atoms. The summed E-state index contributed by atoms with van der Waals surface area (Å²) in [5, 5.41) is 0. The Balaban J connectivity index is 2.35. The first-order valence-corrected chi connectivity index (χ1v) is 7.18. The predicted octanol–water partition coefficient (Wildman–Crippen LogP) is 1.47. The number of hydrogen-bond acceptors (Lipinski definition) is 3. The number of nitrogens with two attached hydrogens (primary N) is 1. The first kappa shape index (κ1) is 12.8. The molecule has 1 aliphatic rings. The molecule has 0 aromatic carbocycles. The van der Waals surface area contributed by atoms with E-state index in [-0.39, 0.29) is 11.9 Å². The van der Waals surface area contributed by atoms with Crippen LogP contribution in [0, 0.1) is 0 Å². The Morgan fingerprint density at radius 3 is 2.47 bits per heavy atom. The molecule has 1 atom stereocenters. The van der Waals surface area contributed by atoms with Crippen LogP contribution in [0.4, 0.5) is 0 Å². The minimum Gasteiger partial charge on any atom is -0.341 e. The first-order valence-electron chi connectivity index (χ1n) is 5.79. The number of carbonyl (C=O) groups is 1. The molecule has 3 nitrogen and oxygen atoms in total. The third kappa shape index (κ3) is 4.43. The minimum atomic E-state index is -0.282. The van der Waals surface area contributed by atoms with Gasteiger partial charge in [0.2, 0.25) is 5.91 Å². The number of likely N-dealkylation sites (tertiary alicyclic amines) is 1. The standard InChI is InChI=1S/C11H22N2OS/c1-15-9-6-10(12)11(14)13-7-4-2-3-5-8-13/h10H,2-9,12H2,1H3. The van der Waals surface area contributed by atoms with Gasteiger partial charge in [-0.25, -0.2) is 0 Å². The highest BCUT2D eigenvalue weighted by Gasteiger charge is 2.21. The number of amides is 1. The molecule has 1 heterocycles. The largest absolute Gasteiger partial charge is 0.341 e. The maximum absolute atomic E-state index is 11.9. The summed E-state index contributed by atoms with van der Waals surface area (Å²) < 4.78 is 0. The van der Waals surface area contributed by atoms with Crippen LogP contribution in [0.5, 0.6) is 0 Å². The van der Waals surface area contributed by atoms with Crippen LogP contribution in [0.1, 0.15) is 32.1 Å². The van der Waals surface area contributed by atoms with Crippen LogP contribution < -0.4 is 5.73 Å². The van der Waals surface area contributed by atoms with E-state index in [0.29, 0.717) is 0 Å². The fourth-order valence-electron chi connectivity index (χ4n) is 1.89. The summed E-state index contributed by atoms with van der Waals surface area (Å²) in [4.78, 5) is 13.9. The SMILES string of the molecule is CSCCC(N)C(=O)N1CCCCCC1. The molecule has 2 N–H and O–H groups in total. The van der Waals surface area contributed by atoms with E-state index >= 15 is 0 Å². The number of carbonyl (C=O) groups excluding carboxylic acids is 1.